The van der Waals surface area contributed by atoms with Crippen molar-refractivity contribution in [1.29, 1.82) is 0 Å². The molecule has 1 aromatic heterocycles. The van der Waals surface area contributed by atoms with E-state index >= 15 is 0 Å². The highest BCUT2D eigenvalue weighted by molar-refractivity contribution is 5.39. The van der Waals surface area contributed by atoms with Gasteiger partial charge in [-0.1, -0.05) is 6.92 Å². The van der Waals surface area contributed by atoms with Crippen molar-refractivity contribution in [2.45, 2.75) is 20.3 Å². The second-order valence-electron chi connectivity index (χ2n) is 2.72. The van der Waals surface area contributed by atoms with Crippen molar-refractivity contribution in [1.82, 2.24) is 9.97 Å². The molecule has 13 heavy (non-hydrogen) atoms. The largest absolute Gasteiger partial charge is 0.370 e. The average Bonchev–Trinajstić information content (AvgIpc) is 2.16. The number of nitrogens with zero attached hydrogens (tertiary/aromatic N) is 2. The van der Waals surface area contributed by atoms with Gasteiger partial charge in [0.05, 0.1) is 0 Å². The van der Waals surface area contributed by atoms with Gasteiger partial charge in [-0.15, -0.1) is 0 Å². The molecule has 0 aliphatic rings. The van der Waals surface area contributed by atoms with E-state index in [2.05, 4.69) is 27.5 Å². The maximum atomic E-state index is 4.27. The lowest BCUT2D eigenvalue weighted by Gasteiger charge is -2.05. The standard InChI is InChI=1S/C9H16N4/c1-3-6-11-8-5-7-12-9(13-8)10-4-2/h5,7H,3-4,6H2,1-2H3,(H2,10,11,12,13). The lowest BCUT2D eigenvalue weighted by molar-refractivity contribution is 0.963. The maximum Gasteiger partial charge on any atom is 0.224 e. The second-order valence-corrected chi connectivity index (χ2v) is 2.72. The van der Waals surface area contributed by atoms with Gasteiger partial charge in [-0.25, -0.2) is 4.98 Å². The van der Waals surface area contributed by atoms with E-state index in [1.807, 2.05) is 13.0 Å². The van der Waals surface area contributed by atoms with Gasteiger partial charge in [0.2, 0.25) is 5.95 Å². The Morgan fingerprint density at radius 1 is 1.31 bits per heavy atom. The Balaban J connectivity index is 2.56. The van der Waals surface area contributed by atoms with Gasteiger partial charge in [-0.2, -0.15) is 4.98 Å². The second kappa shape index (κ2) is 5.35. The summed E-state index contributed by atoms with van der Waals surface area (Å²) in [4.78, 5) is 8.34. The lowest BCUT2D eigenvalue weighted by Crippen LogP contribution is -2.06. The number of aromatic nitrogens is 2. The molecule has 0 amide bonds. The van der Waals surface area contributed by atoms with Crippen molar-refractivity contribution in [3.63, 3.8) is 0 Å². The highest BCUT2D eigenvalue weighted by Gasteiger charge is 1.95. The molecule has 0 saturated carbocycles. The Morgan fingerprint density at radius 2 is 2.15 bits per heavy atom. The van der Waals surface area contributed by atoms with Crippen molar-refractivity contribution >= 4 is 11.8 Å². The van der Waals surface area contributed by atoms with Crippen LogP contribution in [-0.4, -0.2) is 23.1 Å². The number of nitrogens with one attached hydrogen (secondary N) is 2. The first-order valence-electron chi connectivity index (χ1n) is 4.67. The Labute approximate surface area is 78.8 Å². The van der Waals surface area contributed by atoms with E-state index in [-0.39, 0.29) is 0 Å². The molecule has 0 unspecified atom stereocenters. The van der Waals surface area contributed by atoms with Crippen molar-refractivity contribution in [2.24, 2.45) is 0 Å². The molecule has 0 aromatic carbocycles. The first-order valence-corrected chi connectivity index (χ1v) is 4.67. The van der Waals surface area contributed by atoms with E-state index in [1.165, 1.54) is 0 Å². The minimum Gasteiger partial charge on any atom is -0.370 e. The van der Waals surface area contributed by atoms with Gasteiger partial charge in [-0.3, -0.25) is 0 Å². The van der Waals surface area contributed by atoms with Crippen LogP contribution >= 0.6 is 0 Å². The zero-order chi connectivity index (χ0) is 9.52. The maximum absolute atomic E-state index is 4.27. The van der Waals surface area contributed by atoms with Crippen LogP contribution in [0.3, 0.4) is 0 Å². The van der Waals surface area contributed by atoms with E-state index < -0.39 is 0 Å². The molecule has 0 spiro atoms. The molecule has 1 aromatic rings. The minimum atomic E-state index is 0.684. The van der Waals surface area contributed by atoms with E-state index in [0.29, 0.717) is 5.95 Å². The van der Waals surface area contributed by atoms with Crippen LogP contribution in [0.25, 0.3) is 0 Å². The van der Waals surface area contributed by atoms with Crippen molar-refractivity contribution in [3.8, 4) is 0 Å². The quantitative estimate of drug-likeness (QED) is 0.724. The Bertz CT molecular complexity index is 249. The highest BCUT2D eigenvalue weighted by atomic mass is 15.1. The number of hydrogen-bond acceptors (Lipinski definition) is 4. The summed E-state index contributed by atoms with van der Waals surface area (Å²) >= 11 is 0. The third-order valence-corrected chi connectivity index (χ3v) is 1.55. The van der Waals surface area contributed by atoms with E-state index in [1.54, 1.807) is 6.20 Å². The van der Waals surface area contributed by atoms with Gasteiger partial charge in [-0.05, 0) is 19.4 Å². The number of hydrogen-bond donors (Lipinski definition) is 2. The first-order chi connectivity index (χ1) is 6.36. The molecule has 1 heterocycles. The Hall–Kier alpha value is -1.32. The zero-order valence-corrected chi connectivity index (χ0v) is 8.17. The summed E-state index contributed by atoms with van der Waals surface area (Å²) in [5.41, 5.74) is 0. The zero-order valence-electron chi connectivity index (χ0n) is 8.17. The molecule has 0 radical (unpaired) electrons. The Morgan fingerprint density at radius 3 is 2.85 bits per heavy atom. The molecule has 0 aliphatic heterocycles. The molecule has 72 valence electrons. The third kappa shape index (κ3) is 3.27. The summed E-state index contributed by atoms with van der Waals surface area (Å²) in [6.45, 7) is 5.94. The fraction of sp³-hybridized carbons (Fsp3) is 0.556. The minimum absolute atomic E-state index is 0.684. The van der Waals surface area contributed by atoms with Crippen molar-refractivity contribution < 1.29 is 0 Å². The van der Waals surface area contributed by atoms with E-state index in [0.717, 1.165) is 25.3 Å². The van der Waals surface area contributed by atoms with Gasteiger partial charge >= 0.3 is 0 Å². The Kier molecular flexibility index (Phi) is 4.02. The normalized spacial score (nSPS) is 9.69. The van der Waals surface area contributed by atoms with Crippen LogP contribution in [0, 0.1) is 0 Å². The fourth-order valence-corrected chi connectivity index (χ4v) is 0.954. The van der Waals surface area contributed by atoms with Gasteiger partial charge in [0.15, 0.2) is 0 Å². The molecule has 0 aliphatic carbocycles. The SMILES string of the molecule is CCCNc1ccnc(NCC)n1. The van der Waals surface area contributed by atoms with Gasteiger partial charge in [0, 0.05) is 19.3 Å². The smallest absolute Gasteiger partial charge is 0.224 e. The molecule has 2 N–H and O–H groups in total. The monoisotopic (exact) mass is 180 g/mol. The number of rotatable bonds is 5. The average molecular weight is 180 g/mol. The van der Waals surface area contributed by atoms with Crippen LogP contribution in [0.5, 0.6) is 0 Å². The summed E-state index contributed by atoms with van der Waals surface area (Å²) in [7, 11) is 0. The van der Waals surface area contributed by atoms with Crippen molar-refractivity contribution in [2.75, 3.05) is 23.7 Å². The van der Waals surface area contributed by atoms with Gasteiger partial charge < -0.3 is 10.6 Å². The predicted molar refractivity (Wildman–Crippen MR) is 55.0 cm³/mol. The van der Waals surface area contributed by atoms with Crippen LogP contribution in [0.15, 0.2) is 12.3 Å². The molecule has 1 rings (SSSR count). The molecule has 0 fully saturated rings. The fourth-order valence-electron chi connectivity index (χ4n) is 0.954. The van der Waals surface area contributed by atoms with Crippen LogP contribution in [0.1, 0.15) is 20.3 Å². The van der Waals surface area contributed by atoms with Crippen LogP contribution < -0.4 is 10.6 Å². The van der Waals surface area contributed by atoms with Gasteiger partial charge in [0.1, 0.15) is 5.82 Å². The lowest BCUT2D eigenvalue weighted by atomic mass is 10.4. The van der Waals surface area contributed by atoms with Crippen LogP contribution in [0.4, 0.5) is 11.8 Å². The van der Waals surface area contributed by atoms with Crippen LogP contribution in [-0.2, 0) is 0 Å². The summed E-state index contributed by atoms with van der Waals surface area (Å²) in [6, 6.07) is 1.87. The summed E-state index contributed by atoms with van der Waals surface area (Å²) in [5, 5.41) is 6.26. The van der Waals surface area contributed by atoms with Crippen LogP contribution in [0.2, 0.25) is 0 Å². The number of anilines is 2. The van der Waals surface area contributed by atoms with Crippen molar-refractivity contribution in [3.05, 3.63) is 12.3 Å². The first kappa shape index (κ1) is 9.77. The summed E-state index contributed by atoms with van der Waals surface area (Å²) < 4.78 is 0. The van der Waals surface area contributed by atoms with E-state index in [9.17, 15) is 0 Å². The third-order valence-electron chi connectivity index (χ3n) is 1.55. The highest BCUT2D eigenvalue weighted by Crippen LogP contribution is 2.04. The molecular formula is C9H16N4. The molecular weight excluding hydrogens is 164 g/mol. The molecule has 0 atom stereocenters. The summed E-state index contributed by atoms with van der Waals surface area (Å²) in [5.74, 6) is 1.57. The summed E-state index contributed by atoms with van der Waals surface area (Å²) in [6.07, 6.45) is 2.85. The topological polar surface area (TPSA) is 49.8 Å². The molecule has 4 heteroatoms. The van der Waals surface area contributed by atoms with E-state index in [4.69, 9.17) is 0 Å². The van der Waals surface area contributed by atoms with Gasteiger partial charge in [0.25, 0.3) is 0 Å². The molecule has 0 saturated heterocycles. The molecule has 4 nitrogen and oxygen atoms in total. The molecule has 0 bridgehead atoms. The predicted octanol–water partition coefficient (Wildman–Crippen LogP) is 1.73.